The van der Waals surface area contributed by atoms with E-state index in [0.29, 0.717) is 7.14 Å². The van der Waals surface area contributed by atoms with Gasteiger partial charge in [0.15, 0.2) is 0 Å². The highest BCUT2D eigenvalue weighted by Crippen LogP contribution is 2.35. The maximum Gasteiger partial charge on any atom is 0.337 e. The van der Waals surface area contributed by atoms with E-state index < -0.39 is 23.8 Å². The molecule has 0 radical (unpaired) electrons. The topological polar surface area (TPSA) is 125 Å². The van der Waals surface area contributed by atoms with Gasteiger partial charge < -0.3 is 21.1 Å². The third kappa shape index (κ3) is 6.27. The van der Waals surface area contributed by atoms with Crippen LogP contribution in [0.25, 0.3) is 0 Å². The zero-order valence-electron chi connectivity index (χ0n) is 16.4. The van der Waals surface area contributed by atoms with Crippen LogP contribution in [0.2, 0.25) is 0 Å². The molecule has 164 valence electrons. The lowest BCUT2D eigenvalue weighted by Crippen LogP contribution is -2.47. The Morgan fingerprint density at radius 3 is 2.06 bits per heavy atom. The minimum absolute atomic E-state index is 0.0877. The predicted molar refractivity (Wildman–Crippen MR) is 141 cm³/mol. The molecule has 0 aliphatic rings. The van der Waals surface area contributed by atoms with Crippen molar-refractivity contribution in [3.8, 4) is 0 Å². The standard InChI is InChI=1S/C20H18I3N3O5/c1-9(27)25-17-15(22)12(14(21)13(16(17)23)20(30)31)19(29)26-11(18(28)24-2)8-10-6-4-3-5-7-10/h3-7,11H,8H2,1-2H3,(H,24,28)(H,25,27)(H,26,29)(H,30,31)/t11-/m0/s1. The number of amides is 3. The molecule has 4 N–H and O–H groups in total. The summed E-state index contributed by atoms with van der Waals surface area (Å²) in [5.74, 6) is -2.61. The van der Waals surface area contributed by atoms with E-state index in [2.05, 4.69) is 16.0 Å². The van der Waals surface area contributed by atoms with Crippen LogP contribution in [0.4, 0.5) is 5.69 Å². The van der Waals surface area contributed by atoms with E-state index in [4.69, 9.17) is 0 Å². The van der Waals surface area contributed by atoms with Gasteiger partial charge in [-0.25, -0.2) is 4.79 Å². The molecule has 0 heterocycles. The summed E-state index contributed by atoms with van der Waals surface area (Å²) in [6, 6.07) is 8.34. The number of likely N-dealkylation sites (N-methyl/N-ethyl adjacent to an activating group) is 1. The summed E-state index contributed by atoms with van der Waals surface area (Å²) in [7, 11) is 1.47. The Kier molecular flexibility index (Phi) is 9.47. The summed E-state index contributed by atoms with van der Waals surface area (Å²) < 4.78 is 0.929. The quantitative estimate of drug-likeness (QED) is 0.323. The van der Waals surface area contributed by atoms with Gasteiger partial charge in [-0.3, -0.25) is 14.4 Å². The van der Waals surface area contributed by atoms with Crippen molar-refractivity contribution in [2.45, 2.75) is 19.4 Å². The molecule has 2 aromatic carbocycles. The van der Waals surface area contributed by atoms with E-state index in [0.717, 1.165) is 5.56 Å². The van der Waals surface area contributed by atoms with Gasteiger partial charge in [-0.15, -0.1) is 0 Å². The minimum atomic E-state index is -1.22. The van der Waals surface area contributed by atoms with Crippen molar-refractivity contribution >= 4 is 97.2 Å². The minimum Gasteiger partial charge on any atom is -0.478 e. The lowest BCUT2D eigenvalue weighted by Gasteiger charge is -2.21. The number of rotatable bonds is 7. The highest BCUT2D eigenvalue weighted by atomic mass is 127. The molecule has 1 atom stereocenters. The number of carbonyl (C=O) groups is 4. The first-order valence-electron chi connectivity index (χ1n) is 8.86. The van der Waals surface area contributed by atoms with E-state index in [1.165, 1.54) is 14.0 Å². The van der Waals surface area contributed by atoms with Gasteiger partial charge in [-0.1, -0.05) is 30.3 Å². The first-order chi connectivity index (χ1) is 14.6. The lowest BCUT2D eigenvalue weighted by atomic mass is 10.0. The fourth-order valence-corrected chi connectivity index (χ4v) is 7.19. The van der Waals surface area contributed by atoms with Gasteiger partial charge >= 0.3 is 5.97 Å². The van der Waals surface area contributed by atoms with Crippen LogP contribution < -0.4 is 16.0 Å². The number of aromatic carboxylic acids is 1. The van der Waals surface area contributed by atoms with Crippen LogP contribution in [0.3, 0.4) is 0 Å². The number of anilines is 1. The van der Waals surface area contributed by atoms with Gasteiger partial charge in [0, 0.05) is 24.0 Å². The molecule has 0 spiro atoms. The maximum absolute atomic E-state index is 13.2. The zero-order chi connectivity index (χ0) is 23.3. The van der Waals surface area contributed by atoms with Crippen molar-refractivity contribution in [2.75, 3.05) is 12.4 Å². The van der Waals surface area contributed by atoms with Crippen LogP contribution in [0.15, 0.2) is 30.3 Å². The predicted octanol–water partition coefficient (Wildman–Crippen LogP) is 3.24. The van der Waals surface area contributed by atoms with Crippen LogP contribution in [0.5, 0.6) is 0 Å². The number of halogens is 3. The maximum atomic E-state index is 13.2. The van der Waals surface area contributed by atoms with Crippen molar-refractivity contribution in [2.24, 2.45) is 0 Å². The number of benzene rings is 2. The lowest BCUT2D eigenvalue weighted by molar-refractivity contribution is -0.122. The van der Waals surface area contributed by atoms with Crippen LogP contribution in [0.1, 0.15) is 33.2 Å². The Morgan fingerprint density at radius 2 is 1.55 bits per heavy atom. The van der Waals surface area contributed by atoms with Gasteiger partial charge in [0.05, 0.1) is 24.0 Å². The number of carboxylic acids is 1. The average Bonchev–Trinajstić information content (AvgIpc) is 2.70. The molecular weight excluding hydrogens is 743 g/mol. The van der Waals surface area contributed by atoms with E-state index in [-0.39, 0.29) is 32.7 Å². The van der Waals surface area contributed by atoms with Gasteiger partial charge in [-0.2, -0.15) is 0 Å². The third-order valence-corrected chi connectivity index (χ3v) is 7.45. The first kappa shape index (κ1) is 25.8. The Morgan fingerprint density at radius 1 is 0.968 bits per heavy atom. The summed E-state index contributed by atoms with van der Waals surface area (Å²) >= 11 is 5.54. The molecule has 0 bridgehead atoms. The van der Waals surface area contributed by atoms with Gasteiger partial charge in [-0.05, 0) is 73.3 Å². The van der Waals surface area contributed by atoms with Crippen molar-refractivity contribution in [3.05, 3.63) is 57.7 Å². The molecule has 0 unspecified atom stereocenters. The zero-order valence-corrected chi connectivity index (χ0v) is 22.9. The number of hydrogen-bond acceptors (Lipinski definition) is 4. The smallest absolute Gasteiger partial charge is 0.337 e. The van der Waals surface area contributed by atoms with E-state index in [1.807, 2.05) is 75.5 Å². The molecule has 0 saturated carbocycles. The second-order valence-corrected chi connectivity index (χ2v) is 9.62. The summed E-state index contributed by atoms with van der Waals surface area (Å²) in [6.07, 6.45) is 0.258. The summed E-state index contributed by atoms with van der Waals surface area (Å²) in [5, 5.41) is 17.5. The molecule has 31 heavy (non-hydrogen) atoms. The summed E-state index contributed by atoms with van der Waals surface area (Å²) in [4.78, 5) is 49.2. The highest BCUT2D eigenvalue weighted by molar-refractivity contribution is 14.1. The molecular formula is C20H18I3N3O5. The SMILES string of the molecule is CNC(=O)[C@H](Cc1ccccc1)NC(=O)c1c(I)c(NC(C)=O)c(I)c(C(=O)O)c1I. The van der Waals surface area contributed by atoms with Crippen molar-refractivity contribution < 1.29 is 24.3 Å². The number of carboxylic acid groups (broad SMARTS) is 1. The highest BCUT2D eigenvalue weighted by Gasteiger charge is 2.30. The van der Waals surface area contributed by atoms with Crippen LogP contribution in [0, 0.1) is 10.7 Å². The van der Waals surface area contributed by atoms with Crippen molar-refractivity contribution in [3.63, 3.8) is 0 Å². The molecule has 0 saturated heterocycles. The van der Waals surface area contributed by atoms with Crippen molar-refractivity contribution in [1.82, 2.24) is 10.6 Å². The Labute approximate surface area is 219 Å². The number of hydrogen-bond donors (Lipinski definition) is 4. The van der Waals surface area contributed by atoms with Crippen molar-refractivity contribution in [1.29, 1.82) is 0 Å². The molecule has 2 aromatic rings. The number of nitrogens with one attached hydrogen (secondary N) is 3. The fourth-order valence-electron chi connectivity index (χ4n) is 2.80. The molecule has 8 nitrogen and oxygen atoms in total. The Balaban J connectivity index is 2.53. The largest absolute Gasteiger partial charge is 0.478 e. The number of carbonyl (C=O) groups excluding carboxylic acids is 3. The molecule has 3 amide bonds. The Bertz CT molecular complexity index is 1040. The fraction of sp³-hybridized carbons (Fsp3) is 0.200. The average molecular weight is 761 g/mol. The molecule has 0 aliphatic heterocycles. The molecule has 0 aliphatic carbocycles. The molecule has 2 rings (SSSR count). The Hall–Kier alpha value is -1.49. The van der Waals surface area contributed by atoms with Crippen LogP contribution in [-0.2, 0) is 16.0 Å². The van der Waals surface area contributed by atoms with Gasteiger partial charge in [0.2, 0.25) is 11.8 Å². The third-order valence-electron chi connectivity index (χ3n) is 4.21. The summed E-state index contributed by atoms with van der Waals surface area (Å²) in [5.41, 5.74) is 1.10. The monoisotopic (exact) mass is 761 g/mol. The molecule has 11 heteroatoms. The summed E-state index contributed by atoms with van der Waals surface area (Å²) in [6.45, 7) is 1.30. The van der Waals surface area contributed by atoms with E-state index in [1.54, 1.807) is 22.6 Å². The van der Waals surface area contributed by atoms with Crippen LogP contribution >= 0.6 is 67.8 Å². The second kappa shape index (κ2) is 11.4. The molecule has 0 aromatic heterocycles. The normalized spacial score (nSPS) is 11.4. The van der Waals surface area contributed by atoms with E-state index in [9.17, 15) is 24.3 Å². The first-order valence-corrected chi connectivity index (χ1v) is 12.1. The molecule has 0 fully saturated rings. The second-order valence-electron chi connectivity index (χ2n) is 6.38. The van der Waals surface area contributed by atoms with Crippen LogP contribution in [-0.4, -0.2) is 41.9 Å². The van der Waals surface area contributed by atoms with Gasteiger partial charge in [0.1, 0.15) is 6.04 Å². The van der Waals surface area contributed by atoms with E-state index >= 15 is 0 Å². The van der Waals surface area contributed by atoms with Gasteiger partial charge in [0.25, 0.3) is 5.91 Å².